The van der Waals surface area contributed by atoms with Gasteiger partial charge in [-0.25, -0.2) is 0 Å². The highest BCUT2D eigenvalue weighted by Crippen LogP contribution is 2.54. The first-order valence-electron chi connectivity index (χ1n) is 10.2. The highest BCUT2D eigenvalue weighted by molar-refractivity contribution is 5.95. The van der Waals surface area contributed by atoms with Gasteiger partial charge in [-0.2, -0.15) is 5.10 Å². The van der Waals surface area contributed by atoms with Crippen molar-refractivity contribution in [2.24, 2.45) is 11.8 Å². The van der Waals surface area contributed by atoms with E-state index >= 15 is 0 Å². The van der Waals surface area contributed by atoms with Crippen LogP contribution in [0.1, 0.15) is 28.8 Å². The molecule has 2 aromatic rings. The molecule has 3 aliphatic heterocycles. The third-order valence-electron chi connectivity index (χ3n) is 6.84. The summed E-state index contributed by atoms with van der Waals surface area (Å²) in [5.41, 5.74) is 1.61. The van der Waals surface area contributed by atoms with Gasteiger partial charge in [-0.1, -0.05) is 0 Å². The van der Waals surface area contributed by atoms with Gasteiger partial charge in [0, 0.05) is 62.8 Å². The topological polar surface area (TPSA) is 72.3 Å². The normalized spacial score (nSPS) is 31.2. The number of carbonyl (C=O) groups excluding carboxylic acids is 1. The highest BCUT2D eigenvalue weighted by Gasteiger charge is 2.62. The monoisotopic (exact) mass is 381 g/mol. The first kappa shape index (κ1) is 17.8. The van der Waals surface area contributed by atoms with Gasteiger partial charge in [-0.3, -0.25) is 19.4 Å². The Bertz CT molecular complexity index is 854. The number of ether oxygens (including phenoxy) is 1. The summed E-state index contributed by atoms with van der Waals surface area (Å²) in [5, 5.41) is 7.45. The SMILES string of the molecule is Cc1ccncc1C(=O)NC[C@H]1[C@H]2CN(CCn3cccn3)C[C@]23CC[C@H]1O3. The van der Waals surface area contributed by atoms with E-state index in [-0.39, 0.29) is 17.6 Å². The van der Waals surface area contributed by atoms with Gasteiger partial charge in [-0.05, 0) is 37.5 Å². The molecule has 0 unspecified atom stereocenters. The van der Waals surface area contributed by atoms with E-state index < -0.39 is 0 Å². The van der Waals surface area contributed by atoms with E-state index in [1.165, 1.54) is 0 Å². The standard InChI is InChI=1S/C21H27N5O2/c1-15-4-7-22-11-16(15)20(27)23-12-17-18-13-25(9-10-26-8-2-6-24-26)14-21(18)5-3-19(17)28-21/h2,4,6-8,11,17-19H,3,5,9-10,12-14H2,1H3,(H,23,27)/t17-,18+,19+,21+/m0/s1. The van der Waals surface area contributed by atoms with Crippen LogP contribution in [0.5, 0.6) is 0 Å². The van der Waals surface area contributed by atoms with Crippen LogP contribution >= 0.6 is 0 Å². The lowest BCUT2D eigenvalue weighted by atomic mass is 9.73. The predicted molar refractivity (Wildman–Crippen MR) is 104 cm³/mol. The second-order valence-corrected chi connectivity index (χ2v) is 8.43. The van der Waals surface area contributed by atoms with Gasteiger partial charge in [-0.15, -0.1) is 0 Å². The van der Waals surface area contributed by atoms with Crippen molar-refractivity contribution in [3.63, 3.8) is 0 Å². The molecule has 1 spiro atoms. The summed E-state index contributed by atoms with van der Waals surface area (Å²) in [6.07, 6.45) is 9.74. The van der Waals surface area contributed by atoms with E-state index in [9.17, 15) is 4.79 Å². The molecule has 3 aliphatic rings. The number of aryl methyl sites for hydroxylation is 1. The lowest BCUT2D eigenvalue weighted by Crippen LogP contribution is -2.42. The molecule has 2 bridgehead atoms. The van der Waals surface area contributed by atoms with Crippen molar-refractivity contribution in [2.45, 2.75) is 38.0 Å². The minimum absolute atomic E-state index is 0.00556. The second-order valence-electron chi connectivity index (χ2n) is 8.43. The zero-order valence-electron chi connectivity index (χ0n) is 16.3. The average Bonchev–Trinajstić information content (AvgIpc) is 3.45. The predicted octanol–water partition coefficient (Wildman–Crippen LogP) is 1.50. The first-order chi connectivity index (χ1) is 13.6. The number of carbonyl (C=O) groups is 1. The molecule has 7 heteroatoms. The number of aromatic nitrogens is 3. The van der Waals surface area contributed by atoms with E-state index in [4.69, 9.17) is 4.74 Å². The van der Waals surface area contributed by atoms with Crippen molar-refractivity contribution in [1.29, 1.82) is 0 Å². The van der Waals surface area contributed by atoms with E-state index in [0.717, 1.165) is 44.6 Å². The summed E-state index contributed by atoms with van der Waals surface area (Å²) < 4.78 is 8.48. The Balaban J connectivity index is 1.22. The van der Waals surface area contributed by atoms with Crippen LogP contribution in [0.4, 0.5) is 0 Å². The fourth-order valence-corrected chi connectivity index (χ4v) is 5.41. The van der Waals surface area contributed by atoms with Gasteiger partial charge < -0.3 is 10.1 Å². The number of hydrogen-bond donors (Lipinski definition) is 1. The molecular weight excluding hydrogens is 354 g/mol. The van der Waals surface area contributed by atoms with Crippen molar-refractivity contribution in [2.75, 3.05) is 26.2 Å². The van der Waals surface area contributed by atoms with Crippen molar-refractivity contribution >= 4 is 5.91 Å². The number of amides is 1. The Morgan fingerprint density at radius 2 is 2.32 bits per heavy atom. The van der Waals surface area contributed by atoms with Crippen molar-refractivity contribution in [3.8, 4) is 0 Å². The molecule has 2 aromatic heterocycles. The van der Waals surface area contributed by atoms with Crippen LogP contribution in [-0.4, -0.2) is 63.5 Å². The smallest absolute Gasteiger partial charge is 0.253 e. The summed E-state index contributed by atoms with van der Waals surface area (Å²) in [4.78, 5) is 19.2. The minimum atomic E-state index is -0.0315. The number of nitrogens with zero attached hydrogens (tertiary/aromatic N) is 4. The third kappa shape index (κ3) is 3.02. The zero-order valence-corrected chi connectivity index (χ0v) is 16.3. The van der Waals surface area contributed by atoms with E-state index in [0.29, 0.717) is 23.9 Å². The molecular formula is C21H27N5O2. The number of fused-ring (bicyclic) bond motifs is 1. The summed E-state index contributed by atoms with van der Waals surface area (Å²) >= 11 is 0. The van der Waals surface area contributed by atoms with Gasteiger partial charge in [0.15, 0.2) is 0 Å². The van der Waals surface area contributed by atoms with Crippen LogP contribution in [-0.2, 0) is 11.3 Å². The van der Waals surface area contributed by atoms with Crippen LogP contribution in [0.25, 0.3) is 0 Å². The number of pyridine rings is 1. The molecule has 0 radical (unpaired) electrons. The molecule has 0 saturated carbocycles. The molecule has 1 amide bonds. The maximum absolute atomic E-state index is 12.6. The van der Waals surface area contributed by atoms with Crippen molar-refractivity contribution in [3.05, 3.63) is 48.0 Å². The Kier molecular flexibility index (Phi) is 4.44. The zero-order chi connectivity index (χ0) is 19.1. The largest absolute Gasteiger partial charge is 0.370 e. The number of hydrogen-bond acceptors (Lipinski definition) is 5. The molecule has 3 fully saturated rings. The second kappa shape index (κ2) is 6.97. The van der Waals surface area contributed by atoms with Crippen molar-refractivity contribution < 1.29 is 9.53 Å². The van der Waals surface area contributed by atoms with E-state index in [2.05, 4.69) is 20.3 Å². The van der Waals surface area contributed by atoms with Gasteiger partial charge in [0.05, 0.1) is 23.8 Å². The molecule has 28 heavy (non-hydrogen) atoms. The molecule has 7 nitrogen and oxygen atoms in total. The highest BCUT2D eigenvalue weighted by atomic mass is 16.5. The van der Waals surface area contributed by atoms with Crippen LogP contribution in [0.2, 0.25) is 0 Å². The summed E-state index contributed by atoms with van der Waals surface area (Å²) in [5.74, 6) is 0.861. The van der Waals surface area contributed by atoms with Crippen LogP contribution in [0.15, 0.2) is 36.9 Å². The molecule has 5 heterocycles. The lowest BCUT2D eigenvalue weighted by molar-refractivity contribution is 0.00247. The molecule has 148 valence electrons. The third-order valence-corrected chi connectivity index (χ3v) is 6.84. The maximum atomic E-state index is 12.6. The average molecular weight is 381 g/mol. The Morgan fingerprint density at radius 3 is 3.14 bits per heavy atom. The van der Waals surface area contributed by atoms with Crippen LogP contribution < -0.4 is 5.32 Å². The molecule has 0 aliphatic carbocycles. The Labute approximate surface area is 165 Å². The van der Waals surface area contributed by atoms with Crippen molar-refractivity contribution in [1.82, 2.24) is 25.0 Å². The quantitative estimate of drug-likeness (QED) is 0.821. The van der Waals surface area contributed by atoms with Gasteiger partial charge in [0.2, 0.25) is 0 Å². The van der Waals surface area contributed by atoms with E-state index in [1.54, 1.807) is 12.4 Å². The summed E-state index contributed by atoms with van der Waals surface area (Å²) in [6, 6.07) is 3.84. The molecule has 0 aromatic carbocycles. The number of nitrogens with one attached hydrogen (secondary N) is 1. The maximum Gasteiger partial charge on any atom is 0.253 e. The van der Waals surface area contributed by atoms with Gasteiger partial charge in [0.25, 0.3) is 5.91 Å². The van der Waals surface area contributed by atoms with E-state index in [1.807, 2.05) is 36.1 Å². The molecule has 1 N–H and O–H groups in total. The fraction of sp³-hybridized carbons (Fsp3) is 0.571. The molecule has 5 rings (SSSR count). The Hall–Kier alpha value is -2.25. The van der Waals surface area contributed by atoms with Crippen LogP contribution in [0.3, 0.4) is 0 Å². The minimum Gasteiger partial charge on any atom is -0.370 e. The number of rotatable bonds is 6. The molecule has 4 atom stereocenters. The summed E-state index contributed by atoms with van der Waals surface area (Å²) in [7, 11) is 0. The fourth-order valence-electron chi connectivity index (χ4n) is 5.41. The number of likely N-dealkylation sites (tertiary alicyclic amines) is 1. The van der Waals surface area contributed by atoms with Crippen LogP contribution in [0, 0.1) is 18.8 Å². The van der Waals surface area contributed by atoms with Gasteiger partial charge in [0.1, 0.15) is 0 Å². The summed E-state index contributed by atoms with van der Waals surface area (Å²) in [6.45, 7) is 6.56. The first-order valence-corrected chi connectivity index (χ1v) is 10.2. The molecule has 3 saturated heterocycles. The Morgan fingerprint density at radius 1 is 1.39 bits per heavy atom. The van der Waals surface area contributed by atoms with Gasteiger partial charge >= 0.3 is 0 Å². The lowest BCUT2D eigenvalue weighted by Gasteiger charge is -2.29.